The highest BCUT2D eigenvalue weighted by Gasteiger charge is 2.23. The molecule has 0 spiro atoms. The molecule has 6 nitrogen and oxygen atoms in total. The van der Waals surface area contributed by atoms with Crippen LogP contribution < -0.4 is 15.5 Å². The van der Waals surface area contributed by atoms with Crippen molar-refractivity contribution in [2.24, 2.45) is 16.8 Å². The molecule has 1 aliphatic heterocycles. The standard InChI is InChI=1S/C22H37N5O/c1-16(2)19-6-8-20(9-7-19)26-22(23-4)25-14-18-5-10-21(24-13-18)27-11-12-28-17(3)15-27/h5,10,13,16-17,19-20H,6-9,11-12,14-15H2,1-4H3,(H2,23,25,26). The third-order valence-corrected chi connectivity index (χ3v) is 6.11. The molecule has 1 unspecified atom stereocenters. The van der Waals surface area contributed by atoms with E-state index in [4.69, 9.17) is 4.74 Å². The van der Waals surface area contributed by atoms with E-state index in [0.717, 1.165) is 55.4 Å². The smallest absolute Gasteiger partial charge is 0.191 e. The summed E-state index contributed by atoms with van der Waals surface area (Å²) in [7, 11) is 1.84. The van der Waals surface area contributed by atoms with E-state index in [0.29, 0.717) is 6.04 Å². The number of aliphatic imine (C=N–C) groups is 1. The van der Waals surface area contributed by atoms with Gasteiger partial charge in [0.25, 0.3) is 0 Å². The molecule has 2 fully saturated rings. The van der Waals surface area contributed by atoms with E-state index < -0.39 is 0 Å². The van der Waals surface area contributed by atoms with Crippen LogP contribution in [0.25, 0.3) is 0 Å². The molecule has 1 saturated heterocycles. The zero-order valence-electron chi connectivity index (χ0n) is 17.9. The minimum Gasteiger partial charge on any atom is -0.375 e. The zero-order chi connectivity index (χ0) is 19.9. The predicted molar refractivity (Wildman–Crippen MR) is 116 cm³/mol. The Morgan fingerprint density at radius 2 is 2.07 bits per heavy atom. The van der Waals surface area contributed by atoms with Crippen LogP contribution in [0, 0.1) is 11.8 Å². The van der Waals surface area contributed by atoms with Crippen LogP contribution in [0.5, 0.6) is 0 Å². The lowest BCUT2D eigenvalue weighted by Gasteiger charge is -2.32. The molecule has 1 aromatic rings. The molecule has 28 heavy (non-hydrogen) atoms. The summed E-state index contributed by atoms with van der Waals surface area (Å²) in [6.07, 6.45) is 7.33. The Kier molecular flexibility index (Phi) is 7.54. The van der Waals surface area contributed by atoms with Crippen LogP contribution in [0.15, 0.2) is 23.3 Å². The predicted octanol–water partition coefficient (Wildman–Crippen LogP) is 3.19. The lowest BCUT2D eigenvalue weighted by Crippen LogP contribution is -2.44. The number of guanidine groups is 1. The first kappa shape index (κ1) is 20.9. The molecule has 1 atom stereocenters. The summed E-state index contributed by atoms with van der Waals surface area (Å²) in [6.45, 7) is 10.1. The van der Waals surface area contributed by atoms with Gasteiger partial charge in [-0.15, -0.1) is 0 Å². The second kappa shape index (κ2) is 10.1. The summed E-state index contributed by atoms with van der Waals surface area (Å²) in [4.78, 5) is 11.3. The minimum absolute atomic E-state index is 0.266. The van der Waals surface area contributed by atoms with Crippen molar-refractivity contribution in [3.8, 4) is 0 Å². The molecular formula is C22H37N5O. The maximum Gasteiger partial charge on any atom is 0.191 e. The fraction of sp³-hybridized carbons (Fsp3) is 0.727. The molecule has 2 aliphatic rings. The van der Waals surface area contributed by atoms with Crippen LogP contribution in [0.2, 0.25) is 0 Å². The highest BCUT2D eigenvalue weighted by molar-refractivity contribution is 5.79. The van der Waals surface area contributed by atoms with Gasteiger partial charge >= 0.3 is 0 Å². The molecule has 0 radical (unpaired) electrons. The Bertz CT molecular complexity index is 622. The van der Waals surface area contributed by atoms with E-state index >= 15 is 0 Å². The van der Waals surface area contributed by atoms with Crippen LogP contribution in [0.4, 0.5) is 5.82 Å². The van der Waals surface area contributed by atoms with Crippen LogP contribution in [0.1, 0.15) is 52.0 Å². The Balaban J connectivity index is 1.45. The highest BCUT2D eigenvalue weighted by atomic mass is 16.5. The number of ether oxygens (including phenoxy) is 1. The molecule has 2 N–H and O–H groups in total. The summed E-state index contributed by atoms with van der Waals surface area (Å²) in [5.74, 6) is 3.60. The van der Waals surface area contributed by atoms with E-state index in [1.807, 2.05) is 13.2 Å². The first-order chi connectivity index (χ1) is 13.5. The lowest BCUT2D eigenvalue weighted by molar-refractivity contribution is 0.0529. The van der Waals surface area contributed by atoms with Gasteiger partial charge in [-0.25, -0.2) is 4.98 Å². The monoisotopic (exact) mass is 387 g/mol. The summed E-state index contributed by atoms with van der Waals surface area (Å²) in [5, 5.41) is 7.04. The second-order valence-corrected chi connectivity index (χ2v) is 8.58. The van der Waals surface area contributed by atoms with Gasteiger partial charge < -0.3 is 20.3 Å². The van der Waals surface area contributed by atoms with Crippen molar-refractivity contribution in [2.45, 2.75) is 65.1 Å². The number of morpholine rings is 1. The molecule has 1 aromatic heterocycles. The maximum absolute atomic E-state index is 5.61. The first-order valence-corrected chi connectivity index (χ1v) is 10.8. The minimum atomic E-state index is 0.266. The fourth-order valence-electron chi connectivity index (χ4n) is 4.24. The second-order valence-electron chi connectivity index (χ2n) is 8.58. The first-order valence-electron chi connectivity index (χ1n) is 10.8. The van der Waals surface area contributed by atoms with E-state index in [1.54, 1.807) is 0 Å². The molecule has 0 aromatic carbocycles. The quantitative estimate of drug-likeness (QED) is 0.600. The van der Waals surface area contributed by atoms with Crippen molar-refractivity contribution in [2.75, 3.05) is 31.6 Å². The SMILES string of the molecule is CN=C(NCc1ccc(N2CCOC(C)C2)nc1)NC1CCC(C(C)C)CC1. The topological polar surface area (TPSA) is 61.8 Å². The average Bonchev–Trinajstić information content (AvgIpc) is 2.72. The number of nitrogens with zero attached hydrogens (tertiary/aromatic N) is 3. The van der Waals surface area contributed by atoms with Crippen molar-refractivity contribution in [3.63, 3.8) is 0 Å². The van der Waals surface area contributed by atoms with E-state index in [9.17, 15) is 0 Å². The molecule has 3 rings (SSSR count). The normalized spacial score (nSPS) is 26.4. The van der Waals surface area contributed by atoms with Crippen LogP contribution in [0.3, 0.4) is 0 Å². The zero-order valence-corrected chi connectivity index (χ0v) is 17.9. The number of pyridine rings is 1. The summed E-state index contributed by atoms with van der Waals surface area (Å²) in [6, 6.07) is 4.79. The van der Waals surface area contributed by atoms with Crippen LogP contribution >= 0.6 is 0 Å². The van der Waals surface area contributed by atoms with Gasteiger partial charge in [0.2, 0.25) is 0 Å². The molecule has 1 saturated carbocycles. The van der Waals surface area contributed by atoms with E-state index in [-0.39, 0.29) is 6.10 Å². The van der Waals surface area contributed by atoms with Gasteiger partial charge in [-0.3, -0.25) is 4.99 Å². The van der Waals surface area contributed by atoms with Gasteiger partial charge in [-0.1, -0.05) is 19.9 Å². The van der Waals surface area contributed by atoms with Crippen molar-refractivity contribution in [1.29, 1.82) is 0 Å². The Morgan fingerprint density at radius 3 is 2.68 bits per heavy atom. The Hall–Kier alpha value is -1.82. The molecule has 2 heterocycles. The van der Waals surface area contributed by atoms with Gasteiger partial charge in [-0.2, -0.15) is 0 Å². The molecular weight excluding hydrogens is 350 g/mol. The summed E-state index contributed by atoms with van der Waals surface area (Å²) >= 11 is 0. The maximum atomic E-state index is 5.61. The number of nitrogens with one attached hydrogen (secondary N) is 2. The highest BCUT2D eigenvalue weighted by Crippen LogP contribution is 2.29. The van der Waals surface area contributed by atoms with Crippen molar-refractivity contribution in [3.05, 3.63) is 23.9 Å². The van der Waals surface area contributed by atoms with Gasteiger partial charge in [0, 0.05) is 38.9 Å². The number of hydrogen-bond donors (Lipinski definition) is 2. The van der Waals surface area contributed by atoms with Crippen molar-refractivity contribution >= 4 is 11.8 Å². The van der Waals surface area contributed by atoms with Crippen molar-refractivity contribution < 1.29 is 4.74 Å². The van der Waals surface area contributed by atoms with Gasteiger partial charge in [-0.05, 0) is 56.1 Å². The van der Waals surface area contributed by atoms with Crippen molar-refractivity contribution in [1.82, 2.24) is 15.6 Å². The molecule has 156 valence electrons. The van der Waals surface area contributed by atoms with Gasteiger partial charge in [0.15, 0.2) is 5.96 Å². The average molecular weight is 388 g/mol. The van der Waals surface area contributed by atoms with Crippen LogP contribution in [-0.2, 0) is 11.3 Å². The number of rotatable bonds is 5. The fourth-order valence-corrected chi connectivity index (χ4v) is 4.24. The van der Waals surface area contributed by atoms with E-state index in [2.05, 4.69) is 58.4 Å². The van der Waals surface area contributed by atoms with Gasteiger partial charge in [0.05, 0.1) is 12.7 Å². The number of aromatic nitrogens is 1. The third kappa shape index (κ3) is 5.84. The molecule has 0 amide bonds. The Labute approximate surface area is 170 Å². The van der Waals surface area contributed by atoms with Gasteiger partial charge in [0.1, 0.15) is 5.82 Å². The summed E-state index contributed by atoms with van der Waals surface area (Å²) in [5.41, 5.74) is 1.16. The largest absolute Gasteiger partial charge is 0.375 e. The number of hydrogen-bond acceptors (Lipinski definition) is 4. The lowest BCUT2D eigenvalue weighted by atomic mass is 9.80. The Morgan fingerprint density at radius 1 is 1.29 bits per heavy atom. The molecule has 6 heteroatoms. The van der Waals surface area contributed by atoms with E-state index in [1.165, 1.54) is 25.7 Å². The third-order valence-electron chi connectivity index (χ3n) is 6.11. The molecule has 0 bridgehead atoms. The molecule has 1 aliphatic carbocycles. The van der Waals surface area contributed by atoms with Crippen LogP contribution in [-0.4, -0.2) is 49.8 Å². The number of anilines is 1. The summed E-state index contributed by atoms with van der Waals surface area (Å²) < 4.78 is 5.61.